The van der Waals surface area contributed by atoms with Gasteiger partial charge >= 0.3 is 12.1 Å². The lowest BCUT2D eigenvalue weighted by molar-refractivity contribution is -0.149. The van der Waals surface area contributed by atoms with Gasteiger partial charge in [-0.2, -0.15) is 0 Å². The number of β-amino-alcohol motifs (C(OH)–C–C–N with tert-alkyl or cyclic N) is 1. The standard InChI is InChI=1S/C26H30N2O6/c1-15(2)23(24(30)28-12-16(25(31)32)11-17(29)13-28)27-26(33)34-14-22-20-9-5-3-7-18(20)19-8-4-6-10-21(19)22/h3-10,15-17,22-23,29H,11-14H2,1-2H3,(H,27,33)(H,31,32)/t16?,17?,23-/m1/s1. The highest BCUT2D eigenvalue weighted by molar-refractivity contribution is 5.87. The van der Waals surface area contributed by atoms with Crippen LogP contribution in [-0.4, -0.2) is 64.9 Å². The van der Waals surface area contributed by atoms with Gasteiger partial charge in [0.1, 0.15) is 12.6 Å². The first-order chi connectivity index (χ1) is 16.3. The molecule has 0 bridgehead atoms. The summed E-state index contributed by atoms with van der Waals surface area (Å²) < 4.78 is 5.57. The first-order valence-corrected chi connectivity index (χ1v) is 11.6. The number of fused-ring (bicyclic) bond motifs is 3. The molecule has 1 saturated heterocycles. The van der Waals surface area contributed by atoms with Crippen LogP contribution >= 0.6 is 0 Å². The van der Waals surface area contributed by atoms with Gasteiger partial charge < -0.3 is 25.2 Å². The highest BCUT2D eigenvalue weighted by Crippen LogP contribution is 2.44. The highest BCUT2D eigenvalue weighted by atomic mass is 16.5. The summed E-state index contributed by atoms with van der Waals surface area (Å²) >= 11 is 0. The molecule has 34 heavy (non-hydrogen) atoms. The van der Waals surface area contributed by atoms with Crippen LogP contribution in [0.4, 0.5) is 4.79 Å². The van der Waals surface area contributed by atoms with Gasteiger partial charge in [0.25, 0.3) is 0 Å². The van der Waals surface area contributed by atoms with Crippen molar-refractivity contribution >= 4 is 18.0 Å². The van der Waals surface area contributed by atoms with E-state index in [2.05, 4.69) is 17.4 Å². The summed E-state index contributed by atoms with van der Waals surface area (Å²) in [5, 5.41) is 22.0. The van der Waals surface area contributed by atoms with Crippen LogP contribution in [0.3, 0.4) is 0 Å². The van der Waals surface area contributed by atoms with Crippen LogP contribution in [0.1, 0.15) is 37.3 Å². The number of benzene rings is 2. The predicted molar refractivity (Wildman–Crippen MR) is 125 cm³/mol. The van der Waals surface area contributed by atoms with Gasteiger partial charge in [0.2, 0.25) is 5.91 Å². The number of likely N-dealkylation sites (tertiary alicyclic amines) is 1. The average Bonchev–Trinajstić information content (AvgIpc) is 3.14. The van der Waals surface area contributed by atoms with Crippen molar-refractivity contribution in [3.63, 3.8) is 0 Å². The van der Waals surface area contributed by atoms with E-state index in [0.717, 1.165) is 22.3 Å². The number of carbonyl (C=O) groups excluding carboxylic acids is 2. The number of hydrogen-bond donors (Lipinski definition) is 3. The Morgan fingerprint density at radius 1 is 1.03 bits per heavy atom. The second kappa shape index (κ2) is 9.85. The summed E-state index contributed by atoms with van der Waals surface area (Å²) in [6, 6.07) is 15.2. The highest BCUT2D eigenvalue weighted by Gasteiger charge is 2.37. The van der Waals surface area contributed by atoms with E-state index in [9.17, 15) is 24.6 Å². The Balaban J connectivity index is 1.42. The Morgan fingerprint density at radius 2 is 1.62 bits per heavy atom. The number of amides is 2. The number of carbonyl (C=O) groups is 3. The maximum Gasteiger partial charge on any atom is 0.407 e. The SMILES string of the molecule is CC(C)[C@@H](NC(=O)OCC1c2ccccc2-c2ccccc21)C(=O)N1CC(O)CC(C(=O)O)C1. The first-order valence-electron chi connectivity index (χ1n) is 11.6. The molecule has 2 unspecified atom stereocenters. The minimum Gasteiger partial charge on any atom is -0.481 e. The summed E-state index contributed by atoms with van der Waals surface area (Å²) in [7, 11) is 0. The van der Waals surface area contributed by atoms with Gasteiger partial charge in [-0.25, -0.2) is 4.79 Å². The molecule has 2 aromatic carbocycles. The smallest absolute Gasteiger partial charge is 0.407 e. The fourth-order valence-electron chi connectivity index (χ4n) is 4.91. The van der Waals surface area contributed by atoms with Crippen molar-refractivity contribution < 1.29 is 29.3 Å². The number of nitrogens with zero attached hydrogens (tertiary/aromatic N) is 1. The van der Waals surface area contributed by atoms with Gasteiger partial charge in [-0.05, 0) is 34.6 Å². The van der Waals surface area contributed by atoms with E-state index in [-0.39, 0.29) is 38.0 Å². The fourth-order valence-corrected chi connectivity index (χ4v) is 4.91. The summed E-state index contributed by atoms with van der Waals surface area (Å²) in [5.74, 6) is -2.67. The van der Waals surface area contributed by atoms with Gasteiger partial charge in [0.05, 0.1) is 12.0 Å². The van der Waals surface area contributed by atoms with E-state index in [0.29, 0.717) is 0 Å². The Labute approximate surface area is 198 Å². The second-order valence-corrected chi connectivity index (χ2v) is 9.36. The van der Waals surface area contributed by atoms with Crippen molar-refractivity contribution in [3.8, 4) is 11.1 Å². The predicted octanol–water partition coefficient (Wildman–Crippen LogP) is 2.84. The van der Waals surface area contributed by atoms with E-state index >= 15 is 0 Å². The van der Waals surface area contributed by atoms with Crippen LogP contribution in [0.5, 0.6) is 0 Å². The van der Waals surface area contributed by atoms with Gasteiger partial charge in [0.15, 0.2) is 0 Å². The van der Waals surface area contributed by atoms with E-state index in [1.54, 1.807) is 13.8 Å². The number of piperidine rings is 1. The second-order valence-electron chi connectivity index (χ2n) is 9.36. The molecule has 1 aliphatic carbocycles. The van der Waals surface area contributed by atoms with E-state index in [4.69, 9.17) is 4.74 Å². The minimum atomic E-state index is -1.05. The zero-order chi connectivity index (χ0) is 24.4. The van der Waals surface area contributed by atoms with Gasteiger partial charge in [0, 0.05) is 19.0 Å². The lowest BCUT2D eigenvalue weighted by atomic mass is 9.94. The molecule has 1 fully saturated rings. The maximum atomic E-state index is 13.1. The molecule has 2 aromatic rings. The molecule has 0 radical (unpaired) electrons. The number of carboxylic acid groups (broad SMARTS) is 1. The van der Waals surface area contributed by atoms with Crippen LogP contribution in [0, 0.1) is 11.8 Å². The number of ether oxygens (including phenoxy) is 1. The molecule has 180 valence electrons. The molecule has 1 heterocycles. The molecule has 2 aliphatic rings. The Bertz CT molecular complexity index is 1040. The molecule has 2 amide bonds. The zero-order valence-corrected chi connectivity index (χ0v) is 19.3. The number of alkyl carbamates (subject to hydrolysis) is 1. The van der Waals surface area contributed by atoms with Gasteiger partial charge in [-0.3, -0.25) is 9.59 Å². The zero-order valence-electron chi connectivity index (χ0n) is 19.3. The van der Waals surface area contributed by atoms with Crippen molar-refractivity contribution in [1.82, 2.24) is 10.2 Å². The third kappa shape index (κ3) is 4.77. The van der Waals surface area contributed by atoms with Crippen molar-refractivity contribution in [3.05, 3.63) is 59.7 Å². The Morgan fingerprint density at radius 3 is 2.18 bits per heavy atom. The van der Waals surface area contributed by atoms with Crippen molar-refractivity contribution in [2.75, 3.05) is 19.7 Å². The van der Waals surface area contributed by atoms with Crippen LogP contribution in [0.15, 0.2) is 48.5 Å². The van der Waals surface area contributed by atoms with Crippen LogP contribution in [0.25, 0.3) is 11.1 Å². The molecule has 0 saturated carbocycles. The molecule has 4 rings (SSSR count). The molecule has 1 aliphatic heterocycles. The summed E-state index contributed by atoms with van der Waals surface area (Å²) in [5.41, 5.74) is 4.43. The molecule has 0 spiro atoms. The third-order valence-corrected chi connectivity index (χ3v) is 6.64. The number of aliphatic hydroxyl groups is 1. The third-order valence-electron chi connectivity index (χ3n) is 6.64. The monoisotopic (exact) mass is 466 g/mol. The first kappa shape index (κ1) is 23.8. The van der Waals surface area contributed by atoms with Crippen molar-refractivity contribution in [1.29, 1.82) is 0 Å². The normalized spacial score (nSPS) is 20.4. The van der Waals surface area contributed by atoms with Gasteiger partial charge in [-0.1, -0.05) is 62.4 Å². The van der Waals surface area contributed by atoms with Crippen LogP contribution in [0.2, 0.25) is 0 Å². The number of rotatable bonds is 6. The van der Waals surface area contributed by atoms with E-state index < -0.39 is 36.0 Å². The molecular weight excluding hydrogens is 436 g/mol. The molecular formula is C26H30N2O6. The number of aliphatic hydroxyl groups excluding tert-OH is 1. The topological polar surface area (TPSA) is 116 Å². The van der Waals surface area contributed by atoms with Crippen LogP contribution in [-0.2, 0) is 14.3 Å². The maximum absolute atomic E-state index is 13.1. The Kier molecular flexibility index (Phi) is 6.88. The van der Waals surface area contributed by atoms with E-state index in [1.807, 2.05) is 36.4 Å². The quantitative estimate of drug-likeness (QED) is 0.603. The van der Waals surface area contributed by atoms with E-state index in [1.165, 1.54) is 4.90 Å². The summed E-state index contributed by atoms with van der Waals surface area (Å²) in [6.07, 6.45) is -1.52. The van der Waals surface area contributed by atoms with Gasteiger partial charge in [-0.15, -0.1) is 0 Å². The molecule has 8 heteroatoms. The number of nitrogens with one attached hydrogen (secondary N) is 1. The minimum absolute atomic E-state index is 0.000810. The largest absolute Gasteiger partial charge is 0.481 e. The summed E-state index contributed by atoms with van der Waals surface area (Å²) in [4.78, 5) is 38.6. The van der Waals surface area contributed by atoms with Crippen molar-refractivity contribution in [2.45, 2.75) is 38.3 Å². The molecule has 3 atom stereocenters. The lowest BCUT2D eigenvalue weighted by Crippen LogP contribution is -2.56. The molecule has 0 aromatic heterocycles. The van der Waals surface area contributed by atoms with Crippen LogP contribution < -0.4 is 5.32 Å². The van der Waals surface area contributed by atoms with Crippen molar-refractivity contribution in [2.24, 2.45) is 11.8 Å². The summed E-state index contributed by atoms with van der Waals surface area (Å²) in [6.45, 7) is 3.75. The lowest BCUT2D eigenvalue weighted by Gasteiger charge is -2.36. The Hall–Kier alpha value is -3.39. The molecule has 8 nitrogen and oxygen atoms in total. The molecule has 3 N–H and O–H groups in total. The average molecular weight is 467 g/mol. The number of hydrogen-bond acceptors (Lipinski definition) is 5. The fraction of sp³-hybridized carbons (Fsp3) is 0.423. The number of aliphatic carboxylic acids is 1. The number of carboxylic acids is 1.